The summed E-state index contributed by atoms with van der Waals surface area (Å²) in [5, 5.41) is 2.68. The molecule has 28 heavy (non-hydrogen) atoms. The number of carbonyl (C=O) groups is 1. The summed E-state index contributed by atoms with van der Waals surface area (Å²) in [6.45, 7) is 0.269. The summed E-state index contributed by atoms with van der Waals surface area (Å²) in [5.74, 6) is -0.450. The maximum atomic E-state index is 12.9. The summed E-state index contributed by atoms with van der Waals surface area (Å²) in [5.41, 5.74) is 0.683. The quantitative estimate of drug-likeness (QED) is 0.736. The minimum Gasteiger partial charge on any atom is -0.325 e. The molecule has 8 nitrogen and oxygen atoms in total. The topological polar surface area (TPSA) is 113 Å². The molecule has 0 bridgehead atoms. The lowest BCUT2D eigenvalue weighted by Gasteiger charge is -2.23. The van der Waals surface area contributed by atoms with Crippen molar-refractivity contribution in [1.29, 1.82) is 0 Å². The molecule has 1 unspecified atom stereocenters. The van der Waals surface area contributed by atoms with Crippen LogP contribution in [0.4, 0.5) is 11.4 Å². The van der Waals surface area contributed by atoms with Crippen molar-refractivity contribution in [2.75, 3.05) is 22.8 Å². The molecule has 0 aliphatic carbocycles. The lowest BCUT2D eigenvalue weighted by molar-refractivity contribution is -0.119. The van der Waals surface area contributed by atoms with Gasteiger partial charge in [-0.25, -0.2) is 16.8 Å². The molecule has 0 radical (unpaired) electrons. The van der Waals surface area contributed by atoms with Gasteiger partial charge in [-0.1, -0.05) is 24.3 Å². The van der Waals surface area contributed by atoms with Gasteiger partial charge >= 0.3 is 0 Å². The molecule has 2 aromatic rings. The average Bonchev–Trinajstić information content (AvgIpc) is 3.12. The normalized spacial score (nSPS) is 18.0. The molecule has 2 N–H and O–H groups in total. The van der Waals surface area contributed by atoms with Gasteiger partial charge in [0.15, 0.2) is 0 Å². The molecule has 1 heterocycles. The van der Waals surface area contributed by atoms with Gasteiger partial charge in [-0.3, -0.25) is 9.52 Å². The van der Waals surface area contributed by atoms with Crippen LogP contribution in [0, 0.1) is 0 Å². The van der Waals surface area contributed by atoms with Crippen LogP contribution in [0.1, 0.15) is 12.8 Å². The van der Waals surface area contributed by atoms with Crippen LogP contribution in [0.5, 0.6) is 0 Å². The zero-order chi connectivity index (χ0) is 20.4. The minimum absolute atomic E-state index is 0.147. The van der Waals surface area contributed by atoms with E-state index in [1.54, 1.807) is 36.4 Å². The van der Waals surface area contributed by atoms with Gasteiger partial charge in [0, 0.05) is 12.2 Å². The second-order valence-electron chi connectivity index (χ2n) is 6.53. The van der Waals surface area contributed by atoms with Gasteiger partial charge in [0.1, 0.15) is 6.04 Å². The van der Waals surface area contributed by atoms with Crippen LogP contribution in [0.25, 0.3) is 0 Å². The highest BCUT2D eigenvalue weighted by atomic mass is 32.2. The van der Waals surface area contributed by atoms with Gasteiger partial charge in [-0.2, -0.15) is 4.31 Å². The van der Waals surface area contributed by atoms with Crippen molar-refractivity contribution in [1.82, 2.24) is 4.31 Å². The second kappa shape index (κ2) is 7.90. The van der Waals surface area contributed by atoms with Gasteiger partial charge < -0.3 is 5.32 Å². The molecule has 1 aliphatic heterocycles. The summed E-state index contributed by atoms with van der Waals surface area (Å²) in [6, 6.07) is 13.4. The smallest absolute Gasteiger partial charge is 0.243 e. The van der Waals surface area contributed by atoms with E-state index < -0.39 is 32.0 Å². The number of hydrogen-bond donors (Lipinski definition) is 2. The molecule has 0 saturated carbocycles. The van der Waals surface area contributed by atoms with Crippen LogP contribution in [-0.2, 0) is 24.8 Å². The Bertz CT molecular complexity index is 1070. The van der Waals surface area contributed by atoms with Gasteiger partial charge in [-0.15, -0.1) is 0 Å². The van der Waals surface area contributed by atoms with Gasteiger partial charge in [0.25, 0.3) is 0 Å². The van der Waals surface area contributed by atoms with Crippen molar-refractivity contribution in [2.24, 2.45) is 0 Å². The van der Waals surface area contributed by atoms with E-state index in [4.69, 9.17) is 0 Å². The molecule has 1 fully saturated rings. The molecular weight excluding hydrogens is 402 g/mol. The highest BCUT2D eigenvalue weighted by Gasteiger charge is 2.39. The van der Waals surface area contributed by atoms with Crippen molar-refractivity contribution < 1.29 is 21.6 Å². The highest BCUT2D eigenvalue weighted by molar-refractivity contribution is 7.92. The number of nitrogens with one attached hydrogen (secondary N) is 2. The van der Waals surface area contributed by atoms with Gasteiger partial charge in [0.2, 0.25) is 26.0 Å². The fraction of sp³-hybridized carbons (Fsp3) is 0.278. The molecule has 1 aliphatic rings. The zero-order valence-corrected chi connectivity index (χ0v) is 16.8. The fourth-order valence-corrected chi connectivity index (χ4v) is 5.35. The molecule has 150 valence electrons. The van der Waals surface area contributed by atoms with Crippen molar-refractivity contribution >= 4 is 37.3 Å². The first kappa shape index (κ1) is 20.3. The lowest BCUT2D eigenvalue weighted by Crippen LogP contribution is -2.43. The van der Waals surface area contributed by atoms with Crippen LogP contribution >= 0.6 is 0 Å². The van der Waals surface area contributed by atoms with Crippen molar-refractivity contribution in [2.45, 2.75) is 23.8 Å². The number of nitrogens with zero attached hydrogens (tertiary/aromatic N) is 1. The van der Waals surface area contributed by atoms with E-state index in [1.165, 1.54) is 22.5 Å². The highest BCUT2D eigenvalue weighted by Crippen LogP contribution is 2.27. The van der Waals surface area contributed by atoms with E-state index in [2.05, 4.69) is 10.0 Å². The molecule has 1 atom stereocenters. The second-order valence-corrected chi connectivity index (χ2v) is 10.2. The number of benzene rings is 2. The number of sulfonamides is 2. The van der Waals surface area contributed by atoms with E-state index in [1.807, 2.05) is 0 Å². The fourth-order valence-electron chi connectivity index (χ4n) is 3.12. The Morgan fingerprint density at radius 1 is 1.00 bits per heavy atom. The van der Waals surface area contributed by atoms with E-state index in [9.17, 15) is 21.6 Å². The Balaban J connectivity index is 1.78. The Labute approximate surface area is 164 Å². The summed E-state index contributed by atoms with van der Waals surface area (Å²) < 4.78 is 52.0. The maximum Gasteiger partial charge on any atom is 0.243 e. The van der Waals surface area contributed by atoms with Crippen molar-refractivity contribution in [3.63, 3.8) is 0 Å². The molecule has 1 amide bonds. The third-order valence-electron chi connectivity index (χ3n) is 4.29. The van der Waals surface area contributed by atoms with Gasteiger partial charge in [-0.05, 0) is 43.2 Å². The van der Waals surface area contributed by atoms with Crippen molar-refractivity contribution in [3.05, 3.63) is 54.6 Å². The molecule has 10 heteroatoms. The van der Waals surface area contributed by atoms with Crippen LogP contribution in [-0.4, -0.2) is 45.9 Å². The number of hydrogen-bond acceptors (Lipinski definition) is 5. The Morgan fingerprint density at radius 2 is 1.68 bits per heavy atom. The number of rotatable bonds is 6. The lowest BCUT2D eigenvalue weighted by atomic mass is 10.2. The average molecular weight is 424 g/mol. The predicted octanol–water partition coefficient (Wildman–Crippen LogP) is 1.85. The number of carbonyl (C=O) groups excluding carboxylic acids is 1. The summed E-state index contributed by atoms with van der Waals surface area (Å²) >= 11 is 0. The SMILES string of the molecule is CS(=O)(=O)Nc1cccc(NC(=O)C2CCCN2S(=O)(=O)c2ccccc2)c1. The summed E-state index contributed by atoms with van der Waals surface area (Å²) in [4.78, 5) is 12.9. The van der Waals surface area contributed by atoms with Crippen LogP contribution in [0.2, 0.25) is 0 Å². The third kappa shape index (κ3) is 4.70. The summed E-state index contributed by atoms with van der Waals surface area (Å²) in [6.07, 6.45) is 2.03. The number of amides is 1. The Kier molecular flexibility index (Phi) is 5.73. The monoisotopic (exact) mass is 423 g/mol. The van der Waals surface area contributed by atoms with E-state index >= 15 is 0 Å². The van der Waals surface area contributed by atoms with Crippen molar-refractivity contribution in [3.8, 4) is 0 Å². The van der Waals surface area contributed by atoms with E-state index in [0.717, 1.165) is 6.26 Å². The summed E-state index contributed by atoms with van der Waals surface area (Å²) in [7, 11) is -7.22. The first-order chi connectivity index (χ1) is 13.2. The molecule has 0 aromatic heterocycles. The molecular formula is C18H21N3O5S2. The molecule has 1 saturated heterocycles. The Hall–Kier alpha value is -2.43. The van der Waals surface area contributed by atoms with Crippen LogP contribution < -0.4 is 10.0 Å². The van der Waals surface area contributed by atoms with Crippen LogP contribution in [0.15, 0.2) is 59.5 Å². The predicted molar refractivity (Wildman–Crippen MR) is 107 cm³/mol. The maximum absolute atomic E-state index is 12.9. The Morgan fingerprint density at radius 3 is 2.36 bits per heavy atom. The molecule has 3 rings (SSSR count). The third-order valence-corrected chi connectivity index (χ3v) is 6.82. The van der Waals surface area contributed by atoms with Crippen LogP contribution in [0.3, 0.4) is 0 Å². The zero-order valence-electron chi connectivity index (χ0n) is 15.2. The van der Waals surface area contributed by atoms with E-state index in [-0.39, 0.29) is 11.4 Å². The van der Waals surface area contributed by atoms with Gasteiger partial charge in [0.05, 0.1) is 16.8 Å². The first-order valence-corrected chi connectivity index (χ1v) is 12.0. The molecule has 2 aromatic carbocycles. The molecule has 0 spiro atoms. The standard InChI is InChI=1S/C18H21N3O5S2/c1-27(23,24)20-15-8-5-7-14(13-15)19-18(22)17-11-6-12-21(17)28(25,26)16-9-3-2-4-10-16/h2-5,7-10,13,17,20H,6,11-12H2,1H3,(H,19,22). The van der Waals surface area contributed by atoms with E-state index in [0.29, 0.717) is 24.2 Å². The minimum atomic E-state index is -3.78. The number of anilines is 2. The largest absolute Gasteiger partial charge is 0.325 e. The first-order valence-electron chi connectivity index (χ1n) is 8.62.